The lowest BCUT2D eigenvalue weighted by Crippen LogP contribution is -2.39. The highest BCUT2D eigenvalue weighted by atomic mass is 16.1. The number of hydrogen-bond acceptors (Lipinski definition) is 2. The van der Waals surface area contributed by atoms with Crippen LogP contribution in [0.15, 0.2) is 72.0 Å². The molecule has 1 aliphatic rings. The molecule has 0 unspecified atom stereocenters. The van der Waals surface area contributed by atoms with Crippen molar-refractivity contribution in [3.63, 3.8) is 0 Å². The Labute approximate surface area is 160 Å². The molecule has 4 rings (SSSR count). The molecule has 0 atom stereocenters. The maximum absolute atomic E-state index is 13.6. The normalized spacial score (nSPS) is 14.3. The van der Waals surface area contributed by atoms with Gasteiger partial charge in [0.2, 0.25) is 0 Å². The maximum Gasteiger partial charge on any atom is 0.258 e. The van der Waals surface area contributed by atoms with E-state index in [9.17, 15) is 4.79 Å². The van der Waals surface area contributed by atoms with Crippen LogP contribution in [0.2, 0.25) is 0 Å². The van der Waals surface area contributed by atoms with Gasteiger partial charge in [0.05, 0.1) is 12.2 Å². The molecule has 0 fully saturated rings. The van der Waals surface area contributed by atoms with E-state index >= 15 is 0 Å². The first-order valence-corrected chi connectivity index (χ1v) is 9.38. The van der Waals surface area contributed by atoms with Crippen molar-refractivity contribution < 1.29 is 0 Å². The van der Waals surface area contributed by atoms with Crippen molar-refractivity contribution in [3.05, 3.63) is 100 Å². The van der Waals surface area contributed by atoms with E-state index in [1.165, 1.54) is 5.56 Å². The van der Waals surface area contributed by atoms with E-state index in [1.807, 2.05) is 47.0 Å². The van der Waals surface area contributed by atoms with E-state index in [2.05, 4.69) is 38.6 Å². The standard InChI is InChI=1S/C24H24N2O/c1-4-10-20-25-22-19-14-9-8-13-18(19)15-24(2,3)21(22)23(27)26(20)16-17-11-6-5-7-12-17/h4-9,11-14H,1,10,15-16H2,2-3H3. The fourth-order valence-corrected chi connectivity index (χ4v) is 4.09. The van der Waals surface area contributed by atoms with Crippen LogP contribution in [0.5, 0.6) is 0 Å². The number of hydrogen-bond donors (Lipinski definition) is 0. The van der Waals surface area contributed by atoms with Crippen LogP contribution in [0.3, 0.4) is 0 Å². The molecule has 3 nitrogen and oxygen atoms in total. The molecule has 0 bridgehead atoms. The molecule has 136 valence electrons. The average Bonchev–Trinajstić information content (AvgIpc) is 2.65. The number of nitrogens with zero attached hydrogens (tertiary/aromatic N) is 2. The maximum atomic E-state index is 13.6. The molecular formula is C24H24N2O. The van der Waals surface area contributed by atoms with Gasteiger partial charge in [0.25, 0.3) is 5.56 Å². The molecule has 0 spiro atoms. The van der Waals surface area contributed by atoms with Crippen molar-refractivity contribution in [1.29, 1.82) is 0 Å². The predicted octanol–water partition coefficient (Wildman–Crippen LogP) is 4.52. The van der Waals surface area contributed by atoms with Crippen molar-refractivity contribution in [2.45, 2.75) is 38.6 Å². The summed E-state index contributed by atoms with van der Waals surface area (Å²) in [7, 11) is 0. The fourth-order valence-electron chi connectivity index (χ4n) is 4.09. The number of rotatable bonds is 4. The van der Waals surface area contributed by atoms with Gasteiger partial charge in [0.1, 0.15) is 5.82 Å². The van der Waals surface area contributed by atoms with Crippen LogP contribution in [0.4, 0.5) is 0 Å². The Bertz CT molecular complexity index is 1060. The van der Waals surface area contributed by atoms with Gasteiger partial charge in [-0.25, -0.2) is 4.98 Å². The summed E-state index contributed by atoms with van der Waals surface area (Å²) in [5, 5.41) is 0. The molecule has 0 aliphatic heterocycles. The highest BCUT2D eigenvalue weighted by Crippen LogP contribution is 2.40. The summed E-state index contributed by atoms with van der Waals surface area (Å²) >= 11 is 0. The van der Waals surface area contributed by atoms with Gasteiger partial charge >= 0.3 is 0 Å². The Hall–Kier alpha value is -2.94. The van der Waals surface area contributed by atoms with Crippen LogP contribution in [-0.2, 0) is 24.8 Å². The molecular weight excluding hydrogens is 332 g/mol. The van der Waals surface area contributed by atoms with Crippen molar-refractivity contribution in [2.75, 3.05) is 0 Å². The first kappa shape index (κ1) is 17.5. The van der Waals surface area contributed by atoms with Crippen LogP contribution in [0.25, 0.3) is 11.3 Å². The summed E-state index contributed by atoms with van der Waals surface area (Å²) in [6.45, 7) is 8.68. The highest BCUT2D eigenvalue weighted by molar-refractivity contribution is 5.71. The molecule has 0 saturated carbocycles. The minimum atomic E-state index is -0.251. The van der Waals surface area contributed by atoms with Gasteiger partial charge in [0.15, 0.2) is 0 Å². The Morgan fingerprint density at radius 3 is 2.56 bits per heavy atom. The summed E-state index contributed by atoms with van der Waals surface area (Å²) in [6.07, 6.45) is 3.23. The average molecular weight is 356 g/mol. The summed E-state index contributed by atoms with van der Waals surface area (Å²) in [4.78, 5) is 18.6. The van der Waals surface area contributed by atoms with E-state index in [4.69, 9.17) is 4.98 Å². The molecule has 1 aromatic heterocycles. The molecule has 0 amide bonds. The molecule has 0 saturated heterocycles. The van der Waals surface area contributed by atoms with E-state index in [0.717, 1.165) is 34.6 Å². The third kappa shape index (κ3) is 3.03. The topological polar surface area (TPSA) is 34.9 Å². The summed E-state index contributed by atoms with van der Waals surface area (Å²) in [5.74, 6) is 0.769. The zero-order chi connectivity index (χ0) is 19.0. The lowest BCUT2D eigenvalue weighted by molar-refractivity contribution is 0.495. The van der Waals surface area contributed by atoms with Crippen molar-refractivity contribution in [2.24, 2.45) is 0 Å². The third-order valence-corrected chi connectivity index (χ3v) is 5.34. The minimum absolute atomic E-state index is 0.0696. The summed E-state index contributed by atoms with van der Waals surface area (Å²) < 4.78 is 1.82. The fraction of sp³-hybridized carbons (Fsp3) is 0.250. The van der Waals surface area contributed by atoms with Crippen LogP contribution in [-0.4, -0.2) is 9.55 Å². The van der Waals surface area contributed by atoms with E-state index < -0.39 is 0 Å². The Kier molecular flexibility index (Phi) is 4.31. The molecule has 0 N–H and O–H groups in total. The first-order valence-electron chi connectivity index (χ1n) is 9.38. The monoisotopic (exact) mass is 356 g/mol. The van der Waals surface area contributed by atoms with Gasteiger partial charge in [-0.1, -0.05) is 74.5 Å². The number of benzene rings is 2. The van der Waals surface area contributed by atoms with E-state index in [-0.39, 0.29) is 11.0 Å². The second kappa shape index (κ2) is 6.66. The third-order valence-electron chi connectivity index (χ3n) is 5.34. The Balaban J connectivity index is 1.98. The van der Waals surface area contributed by atoms with Crippen LogP contribution < -0.4 is 5.56 Å². The number of fused-ring (bicyclic) bond motifs is 3. The highest BCUT2D eigenvalue weighted by Gasteiger charge is 2.35. The number of allylic oxidation sites excluding steroid dienone is 1. The van der Waals surface area contributed by atoms with E-state index in [0.29, 0.717) is 13.0 Å². The van der Waals surface area contributed by atoms with Gasteiger partial charge in [-0.05, 0) is 17.5 Å². The van der Waals surface area contributed by atoms with Crippen molar-refractivity contribution in [1.82, 2.24) is 9.55 Å². The zero-order valence-corrected chi connectivity index (χ0v) is 15.9. The molecule has 27 heavy (non-hydrogen) atoms. The van der Waals surface area contributed by atoms with Gasteiger partial charge < -0.3 is 0 Å². The lowest BCUT2D eigenvalue weighted by Gasteiger charge is -2.33. The summed E-state index contributed by atoms with van der Waals surface area (Å²) in [5.41, 5.74) is 4.92. The van der Waals surface area contributed by atoms with Gasteiger partial charge in [-0.2, -0.15) is 0 Å². The Morgan fingerprint density at radius 1 is 1.11 bits per heavy atom. The molecule has 2 aromatic carbocycles. The Morgan fingerprint density at radius 2 is 1.81 bits per heavy atom. The summed E-state index contributed by atoms with van der Waals surface area (Å²) in [6, 6.07) is 18.4. The van der Waals surface area contributed by atoms with Crippen LogP contribution in [0, 0.1) is 0 Å². The molecule has 3 aromatic rings. The van der Waals surface area contributed by atoms with Gasteiger partial charge in [-0.15, -0.1) is 6.58 Å². The first-order chi connectivity index (χ1) is 13.0. The largest absolute Gasteiger partial charge is 0.292 e. The molecule has 3 heteroatoms. The van der Waals surface area contributed by atoms with Crippen molar-refractivity contribution in [3.8, 4) is 11.3 Å². The quantitative estimate of drug-likeness (QED) is 0.644. The van der Waals surface area contributed by atoms with E-state index in [1.54, 1.807) is 0 Å². The number of aromatic nitrogens is 2. The smallest absolute Gasteiger partial charge is 0.258 e. The van der Waals surface area contributed by atoms with Crippen LogP contribution in [0.1, 0.15) is 36.4 Å². The van der Waals surface area contributed by atoms with Gasteiger partial charge in [0, 0.05) is 23.0 Å². The second-order valence-electron chi connectivity index (χ2n) is 7.84. The van der Waals surface area contributed by atoms with Crippen LogP contribution >= 0.6 is 0 Å². The predicted molar refractivity (Wildman–Crippen MR) is 110 cm³/mol. The van der Waals surface area contributed by atoms with Gasteiger partial charge in [-0.3, -0.25) is 9.36 Å². The SMILES string of the molecule is C=CCc1nc2c(c(=O)n1Cc1ccccc1)C(C)(C)Cc1ccccc1-2. The lowest BCUT2D eigenvalue weighted by atomic mass is 9.72. The molecule has 1 heterocycles. The zero-order valence-electron chi connectivity index (χ0n) is 15.9. The second-order valence-corrected chi connectivity index (χ2v) is 7.84. The minimum Gasteiger partial charge on any atom is -0.292 e. The molecule has 1 aliphatic carbocycles. The molecule has 0 radical (unpaired) electrons. The van der Waals surface area contributed by atoms with Crippen molar-refractivity contribution >= 4 is 0 Å².